The van der Waals surface area contributed by atoms with Crippen molar-refractivity contribution in [1.82, 2.24) is 16.0 Å². The molecule has 0 atom stereocenters. The van der Waals surface area contributed by atoms with E-state index >= 15 is 0 Å². The van der Waals surface area contributed by atoms with Gasteiger partial charge in [0.15, 0.2) is 0 Å². The highest BCUT2D eigenvalue weighted by Crippen LogP contribution is 2.08. The average Bonchev–Trinajstić information content (AvgIpc) is 2.15. The molecule has 0 aromatic heterocycles. The minimum absolute atomic E-state index is 0.0359. The van der Waals surface area contributed by atoms with Gasteiger partial charge in [0.25, 0.3) is 0 Å². The lowest BCUT2D eigenvalue weighted by Gasteiger charge is -2.29. The first kappa shape index (κ1) is 10.3. The molecule has 0 aliphatic carbocycles. The van der Waals surface area contributed by atoms with E-state index in [1.165, 1.54) is 0 Å². The highest BCUT2D eigenvalue weighted by atomic mass is 16.2. The third kappa shape index (κ3) is 3.22. The standard InChI is InChI=1S/C9H18N3O/c1-2-5-11-9(13)12-6-3-8(10)4-7-12/h8,10H,2-7H2,1H3,(H,11,13). The molecule has 1 rings (SSSR count). The van der Waals surface area contributed by atoms with Crippen molar-refractivity contribution in [2.75, 3.05) is 19.6 Å². The second kappa shape index (κ2) is 5.07. The van der Waals surface area contributed by atoms with Crippen molar-refractivity contribution in [1.29, 1.82) is 0 Å². The van der Waals surface area contributed by atoms with Crippen LogP contribution in [-0.2, 0) is 0 Å². The summed E-state index contributed by atoms with van der Waals surface area (Å²) in [5.74, 6) is 0. The van der Waals surface area contributed by atoms with Gasteiger partial charge in [0, 0.05) is 25.7 Å². The maximum absolute atomic E-state index is 11.4. The number of rotatable bonds is 2. The van der Waals surface area contributed by atoms with Crippen LogP contribution in [0.2, 0.25) is 0 Å². The number of urea groups is 1. The zero-order valence-corrected chi connectivity index (χ0v) is 8.18. The number of amides is 2. The molecule has 0 aromatic carbocycles. The molecule has 0 aromatic rings. The summed E-state index contributed by atoms with van der Waals surface area (Å²) in [6, 6.07) is 0.0731. The molecule has 1 fully saturated rings. The number of carbonyl (C=O) groups excluding carboxylic acids is 1. The van der Waals surface area contributed by atoms with Gasteiger partial charge in [0.05, 0.1) is 0 Å². The summed E-state index contributed by atoms with van der Waals surface area (Å²) in [5, 5.41) is 2.84. The van der Waals surface area contributed by atoms with E-state index < -0.39 is 0 Å². The molecule has 13 heavy (non-hydrogen) atoms. The average molecular weight is 184 g/mol. The first-order chi connectivity index (χ1) is 6.24. The summed E-state index contributed by atoms with van der Waals surface area (Å²) in [7, 11) is 0. The topological polar surface area (TPSA) is 56.1 Å². The number of nitrogens with one attached hydrogen (secondary N) is 2. The van der Waals surface area contributed by atoms with Gasteiger partial charge in [-0.1, -0.05) is 6.92 Å². The molecular weight excluding hydrogens is 166 g/mol. The number of likely N-dealkylation sites (tertiary alicyclic amines) is 1. The third-order valence-corrected chi connectivity index (χ3v) is 2.31. The fourth-order valence-corrected chi connectivity index (χ4v) is 1.43. The van der Waals surface area contributed by atoms with Gasteiger partial charge < -0.3 is 10.2 Å². The normalized spacial score (nSPS) is 18.8. The van der Waals surface area contributed by atoms with Crippen molar-refractivity contribution >= 4 is 6.03 Å². The Labute approximate surface area is 79.5 Å². The van der Waals surface area contributed by atoms with E-state index in [1.807, 2.05) is 6.92 Å². The number of hydrogen-bond donors (Lipinski definition) is 1. The SMILES string of the molecule is CCCNC(=O)N1CCC([NH])CC1. The van der Waals surface area contributed by atoms with Crippen LogP contribution in [0.1, 0.15) is 26.2 Å². The Morgan fingerprint density at radius 1 is 1.54 bits per heavy atom. The van der Waals surface area contributed by atoms with E-state index in [-0.39, 0.29) is 12.1 Å². The first-order valence-corrected chi connectivity index (χ1v) is 4.98. The first-order valence-electron chi connectivity index (χ1n) is 4.98. The highest BCUT2D eigenvalue weighted by molar-refractivity contribution is 5.74. The van der Waals surface area contributed by atoms with Crippen LogP contribution in [0.3, 0.4) is 0 Å². The molecule has 0 bridgehead atoms. The van der Waals surface area contributed by atoms with Gasteiger partial charge >= 0.3 is 6.03 Å². The van der Waals surface area contributed by atoms with Gasteiger partial charge in [-0.15, -0.1) is 0 Å². The van der Waals surface area contributed by atoms with E-state index in [0.717, 1.165) is 38.9 Å². The highest BCUT2D eigenvalue weighted by Gasteiger charge is 2.19. The summed E-state index contributed by atoms with van der Waals surface area (Å²) < 4.78 is 0. The quantitative estimate of drug-likeness (QED) is 0.679. The molecule has 0 saturated carbocycles. The molecule has 1 radical (unpaired) electrons. The van der Waals surface area contributed by atoms with Crippen molar-refractivity contribution in [2.45, 2.75) is 32.2 Å². The predicted molar refractivity (Wildman–Crippen MR) is 51.4 cm³/mol. The zero-order chi connectivity index (χ0) is 9.68. The van der Waals surface area contributed by atoms with Gasteiger partial charge in [-0.2, -0.15) is 0 Å². The maximum Gasteiger partial charge on any atom is 0.317 e. The van der Waals surface area contributed by atoms with Crippen LogP contribution in [0, 0.1) is 0 Å². The van der Waals surface area contributed by atoms with Gasteiger partial charge in [-0.25, -0.2) is 4.79 Å². The lowest BCUT2D eigenvalue weighted by molar-refractivity contribution is 0.181. The van der Waals surface area contributed by atoms with E-state index in [1.54, 1.807) is 4.90 Å². The summed E-state index contributed by atoms with van der Waals surface area (Å²) in [5.41, 5.74) is 7.48. The maximum atomic E-state index is 11.4. The summed E-state index contributed by atoms with van der Waals surface area (Å²) in [6.45, 7) is 4.27. The smallest absolute Gasteiger partial charge is 0.317 e. The molecule has 75 valence electrons. The van der Waals surface area contributed by atoms with Crippen molar-refractivity contribution in [3.8, 4) is 0 Å². The Kier molecular flexibility index (Phi) is 4.02. The Hall–Kier alpha value is -0.770. The fraction of sp³-hybridized carbons (Fsp3) is 0.889. The second-order valence-corrected chi connectivity index (χ2v) is 3.49. The Morgan fingerprint density at radius 3 is 2.69 bits per heavy atom. The lowest BCUT2D eigenvalue weighted by Crippen LogP contribution is -2.45. The van der Waals surface area contributed by atoms with Crippen LogP contribution >= 0.6 is 0 Å². The molecule has 0 spiro atoms. The Morgan fingerprint density at radius 2 is 2.15 bits per heavy atom. The molecule has 4 nitrogen and oxygen atoms in total. The van der Waals surface area contributed by atoms with Gasteiger partial charge in [-0.3, -0.25) is 5.73 Å². The second-order valence-electron chi connectivity index (χ2n) is 3.49. The van der Waals surface area contributed by atoms with E-state index in [2.05, 4.69) is 5.32 Å². The predicted octanol–water partition coefficient (Wildman–Crippen LogP) is 0.853. The Balaban J connectivity index is 2.23. The molecule has 1 aliphatic rings. The van der Waals surface area contributed by atoms with E-state index in [4.69, 9.17) is 5.73 Å². The van der Waals surface area contributed by atoms with E-state index in [0.29, 0.717) is 0 Å². The third-order valence-electron chi connectivity index (χ3n) is 2.31. The van der Waals surface area contributed by atoms with Gasteiger partial charge in [0.2, 0.25) is 0 Å². The van der Waals surface area contributed by atoms with Gasteiger partial charge in [0.1, 0.15) is 0 Å². The van der Waals surface area contributed by atoms with Crippen molar-refractivity contribution in [2.24, 2.45) is 0 Å². The molecule has 2 amide bonds. The number of piperidine rings is 1. The zero-order valence-electron chi connectivity index (χ0n) is 8.18. The number of hydrogen-bond acceptors (Lipinski definition) is 1. The lowest BCUT2D eigenvalue weighted by atomic mass is 10.1. The van der Waals surface area contributed by atoms with Crippen LogP contribution in [0.15, 0.2) is 0 Å². The molecule has 1 heterocycles. The largest absolute Gasteiger partial charge is 0.338 e. The summed E-state index contributed by atoms with van der Waals surface area (Å²) in [4.78, 5) is 13.2. The fourth-order valence-electron chi connectivity index (χ4n) is 1.43. The van der Waals surface area contributed by atoms with Gasteiger partial charge in [-0.05, 0) is 19.3 Å². The molecule has 2 N–H and O–H groups in total. The Bertz CT molecular complexity index is 164. The van der Waals surface area contributed by atoms with Crippen molar-refractivity contribution in [3.63, 3.8) is 0 Å². The molecule has 1 saturated heterocycles. The van der Waals surface area contributed by atoms with Crippen molar-refractivity contribution in [3.05, 3.63) is 0 Å². The number of nitrogens with zero attached hydrogens (tertiary/aromatic N) is 1. The molecule has 1 aliphatic heterocycles. The molecule has 0 unspecified atom stereocenters. The summed E-state index contributed by atoms with van der Waals surface area (Å²) in [6.07, 6.45) is 2.61. The van der Waals surface area contributed by atoms with Crippen LogP contribution in [0.4, 0.5) is 4.79 Å². The van der Waals surface area contributed by atoms with Crippen LogP contribution in [0.25, 0.3) is 0 Å². The molecule has 4 heteroatoms. The van der Waals surface area contributed by atoms with Crippen LogP contribution in [0.5, 0.6) is 0 Å². The minimum atomic E-state index is 0.0359. The van der Waals surface area contributed by atoms with Crippen molar-refractivity contribution < 1.29 is 4.79 Å². The molecular formula is C9H18N3O. The summed E-state index contributed by atoms with van der Waals surface area (Å²) >= 11 is 0. The van der Waals surface area contributed by atoms with E-state index in [9.17, 15) is 4.79 Å². The van der Waals surface area contributed by atoms with Crippen LogP contribution in [-0.4, -0.2) is 36.6 Å². The number of carbonyl (C=O) groups is 1. The monoisotopic (exact) mass is 184 g/mol. The minimum Gasteiger partial charge on any atom is -0.338 e. The van der Waals surface area contributed by atoms with Crippen LogP contribution < -0.4 is 11.1 Å².